The third-order valence-corrected chi connectivity index (χ3v) is 2.72. The Balaban J connectivity index is 3.18. The number of nitro groups is 1. The molecule has 0 radical (unpaired) electrons. The average Bonchev–Trinajstić information content (AvgIpc) is 2.23. The smallest absolute Gasteiger partial charge is 0.354 e. The lowest BCUT2D eigenvalue weighted by Gasteiger charge is -2.33. The highest BCUT2D eigenvalue weighted by atomic mass is 16.6. The summed E-state index contributed by atoms with van der Waals surface area (Å²) in [5.41, 5.74) is -0.917. The second kappa shape index (κ2) is 5.67. The molecule has 0 fully saturated rings. The highest BCUT2D eigenvalue weighted by molar-refractivity contribution is 5.86. The minimum Gasteiger partial charge on any atom is -0.477 e. The van der Waals surface area contributed by atoms with E-state index in [0.29, 0.717) is 0 Å². The Morgan fingerprint density at radius 3 is 2.33 bits per heavy atom. The lowest BCUT2D eigenvalue weighted by molar-refractivity contribution is -0.384. The lowest BCUT2D eigenvalue weighted by Crippen LogP contribution is -2.36. The van der Waals surface area contributed by atoms with Gasteiger partial charge in [-0.1, -0.05) is 20.8 Å². The van der Waals surface area contributed by atoms with Gasteiger partial charge in [-0.2, -0.15) is 0 Å². The molecule has 7 nitrogen and oxygen atoms in total. The van der Waals surface area contributed by atoms with Crippen molar-refractivity contribution in [3.8, 4) is 0 Å². The minimum absolute atomic E-state index is 0.00961. The topological polar surface area (TPSA) is 105 Å². The van der Waals surface area contributed by atoms with E-state index in [2.05, 4.69) is 31.1 Å². The van der Waals surface area contributed by atoms with Gasteiger partial charge in [0.15, 0.2) is 5.69 Å². The van der Waals surface area contributed by atoms with E-state index in [1.54, 1.807) is 0 Å². The van der Waals surface area contributed by atoms with Crippen LogP contribution < -0.4 is 5.32 Å². The van der Waals surface area contributed by atoms with Gasteiger partial charge in [0, 0.05) is 11.6 Å². The van der Waals surface area contributed by atoms with Crippen LogP contribution in [-0.4, -0.2) is 26.5 Å². The third-order valence-electron chi connectivity index (χ3n) is 2.72. The summed E-state index contributed by atoms with van der Waals surface area (Å²) in [6.07, 6.45) is 0.732. The van der Waals surface area contributed by atoms with Gasteiger partial charge >= 0.3 is 11.7 Å². The van der Waals surface area contributed by atoms with Gasteiger partial charge in [-0.3, -0.25) is 10.1 Å². The summed E-state index contributed by atoms with van der Waals surface area (Å²) < 4.78 is 0. The van der Waals surface area contributed by atoms with Crippen LogP contribution in [0, 0.1) is 15.5 Å². The van der Waals surface area contributed by atoms with Crippen LogP contribution in [-0.2, 0) is 0 Å². The highest BCUT2D eigenvalue weighted by Gasteiger charge is 2.29. The summed E-state index contributed by atoms with van der Waals surface area (Å²) in [6.45, 7) is 9.98. The van der Waals surface area contributed by atoms with Crippen molar-refractivity contribution in [1.29, 1.82) is 0 Å². The Morgan fingerprint density at radius 1 is 1.33 bits per heavy atom. The van der Waals surface area contributed by atoms with E-state index in [-0.39, 0.29) is 22.6 Å². The molecule has 1 aromatic rings. The largest absolute Gasteiger partial charge is 0.477 e. The molecule has 0 aliphatic rings. The molecule has 0 aliphatic carbocycles. The second-order valence-corrected chi connectivity index (χ2v) is 6.87. The van der Waals surface area contributed by atoms with E-state index in [0.717, 1.165) is 18.6 Å². The number of hydrogen-bond donors (Lipinski definition) is 2. The number of nitrogens with zero attached hydrogens (tertiary/aromatic N) is 2. The van der Waals surface area contributed by atoms with Crippen LogP contribution >= 0.6 is 0 Å². The predicted octanol–water partition coefficient (Wildman–Crippen LogP) is 3.31. The standard InChI is InChI=1S/C14H21N3O4/c1-13(2,3)8-14(4,5)16-11-10(17(20)21)7-6-9(15-11)12(18)19/h6-7H,8H2,1-5H3,(H,15,16)(H,18,19). The summed E-state index contributed by atoms with van der Waals surface area (Å²) >= 11 is 0. The molecule has 0 saturated carbocycles. The number of rotatable bonds is 5. The predicted molar refractivity (Wildman–Crippen MR) is 79.6 cm³/mol. The van der Waals surface area contributed by atoms with Gasteiger partial charge in [0.2, 0.25) is 5.82 Å². The number of aromatic carboxylic acids is 1. The second-order valence-electron chi connectivity index (χ2n) is 6.87. The van der Waals surface area contributed by atoms with Crippen molar-refractivity contribution in [2.24, 2.45) is 5.41 Å². The molecule has 116 valence electrons. The number of nitrogens with one attached hydrogen (secondary N) is 1. The summed E-state index contributed by atoms with van der Waals surface area (Å²) in [4.78, 5) is 25.3. The van der Waals surface area contributed by atoms with E-state index >= 15 is 0 Å². The number of pyridine rings is 1. The molecule has 0 unspecified atom stereocenters. The van der Waals surface area contributed by atoms with Crippen molar-refractivity contribution in [2.75, 3.05) is 5.32 Å². The lowest BCUT2D eigenvalue weighted by atomic mass is 9.82. The summed E-state index contributed by atoms with van der Waals surface area (Å²) in [5.74, 6) is -1.24. The van der Waals surface area contributed by atoms with Crippen molar-refractivity contribution in [3.63, 3.8) is 0 Å². The van der Waals surface area contributed by atoms with Crippen LogP contribution in [0.4, 0.5) is 11.5 Å². The van der Waals surface area contributed by atoms with Crippen molar-refractivity contribution < 1.29 is 14.8 Å². The zero-order chi connectivity index (χ0) is 16.4. The van der Waals surface area contributed by atoms with Crippen LogP contribution in [0.25, 0.3) is 0 Å². The van der Waals surface area contributed by atoms with Crippen LogP contribution in [0.1, 0.15) is 51.5 Å². The molecular weight excluding hydrogens is 274 g/mol. The van der Waals surface area contributed by atoms with E-state index in [9.17, 15) is 14.9 Å². The van der Waals surface area contributed by atoms with Crippen LogP contribution in [0.3, 0.4) is 0 Å². The Hall–Kier alpha value is -2.18. The summed E-state index contributed by atoms with van der Waals surface area (Å²) in [6, 6.07) is 2.29. The summed E-state index contributed by atoms with van der Waals surface area (Å²) in [7, 11) is 0. The fourth-order valence-corrected chi connectivity index (χ4v) is 2.50. The first-order valence-corrected chi connectivity index (χ1v) is 6.58. The normalized spacial score (nSPS) is 12.0. The van der Waals surface area contributed by atoms with E-state index in [1.165, 1.54) is 0 Å². The fraction of sp³-hybridized carbons (Fsp3) is 0.571. The van der Waals surface area contributed by atoms with Crippen molar-refractivity contribution in [3.05, 3.63) is 27.9 Å². The quantitative estimate of drug-likeness (QED) is 0.637. The average molecular weight is 295 g/mol. The SMILES string of the molecule is CC(C)(C)CC(C)(C)Nc1nc(C(=O)O)ccc1[N+](=O)[O-]. The molecule has 1 heterocycles. The summed E-state index contributed by atoms with van der Waals surface area (Å²) in [5, 5.41) is 23.0. The first-order valence-electron chi connectivity index (χ1n) is 6.58. The fourth-order valence-electron chi connectivity index (χ4n) is 2.50. The Bertz CT molecular complexity index is 562. The Kier molecular flexibility index (Phi) is 4.56. The van der Waals surface area contributed by atoms with Gasteiger partial charge in [0.05, 0.1) is 4.92 Å². The van der Waals surface area contributed by atoms with Crippen molar-refractivity contribution in [2.45, 2.75) is 46.6 Å². The molecule has 0 atom stereocenters. The maximum absolute atomic E-state index is 11.1. The maximum atomic E-state index is 11.1. The molecule has 0 aromatic carbocycles. The Morgan fingerprint density at radius 2 is 1.90 bits per heavy atom. The molecule has 0 spiro atoms. The molecule has 0 bridgehead atoms. The van der Waals surface area contributed by atoms with E-state index < -0.39 is 16.4 Å². The first kappa shape index (κ1) is 16.9. The number of aromatic nitrogens is 1. The molecule has 2 N–H and O–H groups in total. The number of anilines is 1. The van der Waals surface area contributed by atoms with Gasteiger partial charge < -0.3 is 10.4 Å². The van der Waals surface area contributed by atoms with E-state index in [1.807, 2.05) is 13.8 Å². The van der Waals surface area contributed by atoms with Crippen molar-refractivity contribution in [1.82, 2.24) is 4.98 Å². The van der Waals surface area contributed by atoms with Gasteiger partial charge in [-0.05, 0) is 31.7 Å². The molecule has 0 aliphatic heterocycles. The van der Waals surface area contributed by atoms with Gasteiger partial charge in [0.1, 0.15) is 0 Å². The number of carboxylic acid groups (broad SMARTS) is 1. The molecule has 0 amide bonds. The van der Waals surface area contributed by atoms with Gasteiger partial charge in [-0.25, -0.2) is 9.78 Å². The van der Waals surface area contributed by atoms with Crippen LogP contribution in [0.5, 0.6) is 0 Å². The number of carbonyl (C=O) groups is 1. The minimum atomic E-state index is -1.22. The maximum Gasteiger partial charge on any atom is 0.354 e. The molecule has 1 rings (SSSR count). The first-order chi connectivity index (χ1) is 9.41. The van der Waals surface area contributed by atoms with E-state index in [4.69, 9.17) is 5.11 Å². The van der Waals surface area contributed by atoms with Crippen LogP contribution in [0.15, 0.2) is 12.1 Å². The molecule has 0 saturated heterocycles. The van der Waals surface area contributed by atoms with Crippen LogP contribution in [0.2, 0.25) is 0 Å². The highest BCUT2D eigenvalue weighted by Crippen LogP contribution is 2.32. The Labute approximate surface area is 123 Å². The zero-order valence-electron chi connectivity index (χ0n) is 12.9. The number of hydrogen-bond acceptors (Lipinski definition) is 5. The van der Waals surface area contributed by atoms with Gasteiger partial charge in [0.25, 0.3) is 0 Å². The monoisotopic (exact) mass is 295 g/mol. The molecular formula is C14H21N3O4. The van der Waals surface area contributed by atoms with Crippen molar-refractivity contribution >= 4 is 17.5 Å². The zero-order valence-corrected chi connectivity index (χ0v) is 12.9. The molecule has 21 heavy (non-hydrogen) atoms. The third kappa shape index (κ3) is 5.02. The van der Waals surface area contributed by atoms with Gasteiger partial charge in [-0.15, -0.1) is 0 Å². The molecule has 7 heteroatoms. The number of carboxylic acids is 1. The molecule has 1 aromatic heterocycles.